The van der Waals surface area contributed by atoms with Gasteiger partial charge in [0.15, 0.2) is 6.10 Å². The molecule has 1 N–H and O–H groups in total. The largest absolute Gasteiger partial charge is 0.367 e. The molecule has 1 aromatic heterocycles. The fourth-order valence-corrected chi connectivity index (χ4v) is 5.49. The Bertz CT molecular complexity index is 1770. The Morgan fingerprint density at radius 3 is 2.25 bits per heavy atom. The van der Waals surface area contributed by atoms with Gasteiger partial charge in [0.05, 0.1) is 17.3 Å². The number of aromatic nitrogens is 1. The molecule has 0 fully saturated rings. The number of hydrazone groups is 1. The van der Waals surface area contributed by atoms with E-state index < -0.39 is 12.1 Å². The Balaban J connectivity index is 1.54. The lowest BCUT2D eigenvalue weighted by molar-refractivity contribution is -0.144. The first-order chi connectivity index (χ1) is 19.5. The van der Waals surface area contributed by atoms with Gasteiger partial charge in [0.1, 0.15) is 0 Å². The predicted octanol–water partition coefficient (Wildman–Crippen LogP) is 6.91. The summed E-state index contributed by atoms with van der Waals surface area (Å²) in [5.74, 6) is -0.303. The third-order valence-corrected chi connectivity index (χ3v) is 7.48. The van der Waals surface area contributed by atoms with Crippen LogP contribution in [0, 0.1) is 0 Å². The molecule has 1 aliphatic heterocycles. The van der Waals surface area contributed by atoms with Crippen LogP contribution in [0.5, 0.6) is 0 Å². The first-order valence-electron chi connectivity index (χ1n) is 13.0. The highest BCUT2D eigenvalue weighted by atomic mass is 35.5. The number of pyridine rings is 1. The van der Waals surface area contributed by atoms with Gasteiger partial charge in [-0.3, -0.25) is 9.59 Å². The number of para-hydroxylation sites is 1. The number of carbonyl (C=O) groups is 1. The highest BCUT2D eigenvalue weighted by molar-refractivity contribution is 6.30. The number of ether oxygens (including phenoxy) is 1. The molecule has 7 heteroatoms. The van der Waals surface area contributed by atoms with E-state index in [1.54, 1.807) is 12.1 Å². The Hall–Kier alpha value is -4.52. The van der Waals surface area contributed by atoms with E-state index in [-0.39, 0.29) is 11.5 Å². The number of amides is 1. The average molecular weight is 548 g/mol. The van der Waals surface area contributed by atoms with Gasteiger partial charge in [-0.25, -0.2) is 5.01 Å². The summed E-state index contributed by atoms with van der Waals surface area (Å²) in [6.07, 6.45) is -0.482. The molecule has 40 heavy (non-hydrogen) atoms. The number of nitrogens with zero attached hydrogens (tertiary/aromatic N) is 2. The Morgan fingerprint density at radius 2 is 1.55 bits per heavy atom. The number of H-pyrrole nitrogens is 1. The zero-order valence-corrected chi connectivity index (χ0v) is 22.5. The van der Waals surface area contributed by atoms with Gasteiger partial charge in [0.25, 0.3) is 11.5 Å². The molecule has 4 aromatic carbocycles. The number of fused-ring (bicyclic) bond motifs is 1. The zero-order chi connectivity index (χ0) is 27.6. The van der Waals surface area contributed by atoms with E-state index in [1.807, 2.05) is 97.1 Å². The van der Waals surface area contributed by atoms with Crippen molar-refractivity contribution in [2.75, 3.05) is 7.11 Å². The molecule has 0 saturated carbocycles. The molecular formula is C33H26ClN3O3. The van der Waals surface area contributed by atoms with Crippen molar-refractivity contribution >= 4 is 34.1 Å². The van der Waals surface area contributed by atoms with Crippen molar-refractivity contribution in [1.29, 1.82) is 0 Å². The first kappa shape index (κ1) is 25.7. The van der Waals surface area contributed by atoms with Crippen molar-refractivity contribution in [3.05, 3.63) is 141 Å². The molecule has 0 saturated heterocycles. The molecule has 2 atom stereocenters. The molecule has 0 bridgehead atoms. The molecule has 0 radical (unpaired) electrons. The number of aromatic amines is 1. The number of rotatable bonds is 6. The molecule has 198 valence electrons. The lowest BCUT2D eigenvalue weighted by atomic mass is 9.91. The molecule has 0 spiro atoms. The molecular weight excluding hydrogens is 522 g/mol. The van der Waals surface area contributed by atoms with Gasteiger partial charge in [-0.2, -0.15) is 5.10 Å². The normalized spacial score (nSPS) is 15.7. The third kappa shape index (κ3) is 4.72. The van der Waals surface area contributed by atoms with Crippen molar-refractivity contribution in [2.45, 2.75) is 18.6 Å². The lowest BCUT2D eigenvalue weighted by Gasteiger charge is -2.26. The molecule has 5 aromatic rings. The van der Waals surface area contributed by atoms with Crippen LogP contribution in [-0.4, -0.2) is 28.7 Å². The van der Waals surface area contributed by atoms with E-state index in [0.717, 1.165) is 33.2 Å². The number of hydrogen-bond donors (Lipinski definition) is 1. The summed E-state index contributed by atoms with van der Waals surface area (Å²) in [4.78, 5) is 30.8. The van der Waals surface area contributed by atoms with Gasteiger partial charge in [-0.05, 0) is 34.9 Å². The fraction of sp³-hybridized carbons (Fsp3) is 0.121. The van der Waals surface area contributed by atoms with Crippen molar-refractivity contribution in [3.8, 4) is 11.1 Å². The van der Waals surface area contributed by atoms with Crippen molar-refractivity contribution in [1.82, 2.24) is 9.99 Å². The van der Waals surface area contributed by atoms with Crippen LogP contribution in [0.4, 0.5) is 0 Å². The van der Waals surface area contributed by atoms with Crippen LogP contribution in [0.1, 0.15) is 35.3 Å². The second-order valence-corrected chi connectivity index (χ2v) is 10.1. The number of hydrogen-bond acceptors (Lipinski definition) is 4. The van der Waals surface area contributed by atoms with Crippen LogP contribution in [0.25, 0.3) is 22.0 Å². The van der Waals surface area contributed by atoms with Crippen molar-refractivity contribution in [2.24, 2.45) is 5.10 Å². The Labute approximate surface area is 236 Å². The van der Waals surface area contributed by atoms with Crippen LogP contribution < -0.4 is 5.56 Å². The quantitative estimate of drug-likeness (QED) is 0.251. The summed E-state index contributed by atoms with van der Waals surface area (Å²) in [5, 5.41) is 7.81. The zero-order valence-electron chi connectivity index (χ0n) is 21.8. The minimum Gasteiger partial charge on any atom is -0.367 e. The van der Waals surface area contributed by atoms with E-state index in [4.69, 9.17) is 21.4 Å². The lowest BCUT2D eigenvalue weighted by Crippen LogP contribution is -2.32. The average Bonchev–Trinajstić information content (AvgIpc) is 3.43. The Kier molecular flexibility index (Phi) is 7.03. The van der Waals surface area contributed by atoms with Gasteiger partial charge in [-0.1, -0.05) is 103 Å². The van der Waals surface area contributed by atoms with E-state index in [1.165, 1.54) is 12.1 Å². The van der Waals surface area contributed by atoms with Gasteiger partial charge in [-0.15, -0.1) is 0 Å². The SMILES string of the molecule is CO[C@@H](C(=O)N1N=C(c2c(-c3ccc(Cl)cc3)c3ccccc3[nH]c2=O)C[C@@H]1c1ccccc1)c1ccccc1. The maximum atomic E-state index is 14.0. The van der Waals surface area contributed by atoms with E-state index in [2.05, 4.69) is 4.98 Å². The van der Waals surface area contributed by atoms with Crippen molar-refractivity contribution in [3.63, 3.8) is 0 Å². The molecule has 6 rings (SSSR count). The van der Waals surface area contributed by atoms with Crippen LogP contribution in [0.2, 0.25) is 5.02 Å². The maximum absolute atomic E-state index is 14.0. The predicted molar refractivity (Wildman–Crippen MR) is 158 cm³/mol. The van der Waals surface area contributed by atoms with Crippen LogP contribution >= 0.6 is 11.6 Å². The monoisotopic (exact) mass is 547 g/mol. The second kappa shape index (κ2) is 10.9. The number of halogens is 1. The van der Waals surface area contributed by atoms with Gasteiger partial charge < -0.3 is 9.72 Å². The summed E-state index contributed by atoms with van der Waals surface area (Å²) < 4.78 is 5.68. The number of methoxy groups -OCH3 is 1. The van der Waals surface area contributed by atoms with Crippen LogP contribution in [-0.2, 0) is 9.53 Å². The third-order valence-electron chi connectivity index (χ3n) is 7.23. The molecule has 2 heterocycles. The van der Waals surface area contributed by atoms with E-state index >= 15 is 0 Å². The number of nitrogens with one attached hydrogen (secondary N) is 1. The topological polar surface area (TPSA) is 74.8 Å². The number of benzene rings is 4. The molecule has 0 aliphatic carbocycles. The second-order valence-electron chi connectivity index (χ2n) is 9.64. The first-order valence-corrected chi connectivity index (χ1v) is 13.4. The van der Waals surface area contributed by atoms with Gasteiger partial charge >= 0.3 is 0 Å². The summed E-state index contributed by atoms with van der Waals surface area (Å²) in [6.45, 7) is 0. The maximum Gasteiger partial charge on any atom is 0.276 e. The Morgan fingerprint density at radius 1 is 0.900 bits per heavy atom. The summed E-state index contributed by atoms with van der Waals surface area (Å²) in [6, 6.07) is 33.8. The summed E-state index contributed by atoms with van der Waals surface area (Å²) in [5.41, 5.74) is 4.66. The van der Waals surface area contributed by atoms with Gasteiger partial charge in [0.2, 0.25) is 0 Å². The minimum absolute atomic E-state index is 0.269. The fourth-order valence-electron chi connectivity index (χ4n) is 5.36. The van der Waals surface area contributed by atoms with Gasteiger partial charge in [0, 0.05) is 35.0 Å². The summed E-state index contributed by atoms with van der Waals surface area (Å²) in [7, 11) is 1.51. The van der Waals surface area contributed by atoms with Crippen LogP contribution in [0.3, 0.4) is 0 Å². The molecule has 6 nitrogen and oxygen atoms in total. The molecule has 1 amide bonds. The van der Waals surface area contributed by atoms with Crippen molar-refractivity contribution < 1.29 is 9.53 Å². The molecule has 0 unspecified atom stereocenters. The van der Waals surface area contributed by atoms with Crippen LogP contribution in [0.15, 0.2) is 119 Å². The standard InChI is InChI=1S/C33H26ClN3O3/c1-40-31(23-12-6-3-7-13-23)33(39)37-28(21-10-4-2-5-11-21)20-27(36-37)30-29(22-16-18-24(34)19-17-22)25-14-8-9-15-26(25)35-32(30)38/h2-19,28,31H,20H2,1H3,(H,35,38)/t28-,31-/m1/s1. The highest BCUT2D eigenvalue weighted by Crippen LogP contribution is 2.38. The number of carbonyl (C=O) groups excluding carboxylic acids is 1. The molecule has 1 aliphatic rings. The highest BCUT2D eigenvalue weighted by Gasteiger charge is 2.38. The minimum atomic E-state index is -0.846. The van der Waals surface area contributed by atoms with E-state index in [9.17, 15) is 9.59 Å². The summed E-state index contributed by atoms with van der Waals surface area (Å²) >= 11 is 6.20. The smallest absolute Gasteiger partial charge is 0.276 e. The van der Waals surface area contributed by atoms with E-state index in [0.29, 0.717) is 22.7 Å².